The van der Waals surface area contributed by atoms with E-state index in [9.17, 15) is 4.79 Å². The van der Waals surface area contributed by atoms with Gasteiger partial charge in [-0.1, -0.05) is 15.9 Å². The van der Waals surface area contributed by atoms with Gasteiger partial charge in [0.2, 0.25) is 0 Å². The van der Waals surface area contributed by atoms with Crippen molar-refractivity contribution in [1.82, 2.24) is 19.9 Å². The maximum Gasteiger partial charge on any atom is 0.407 e. The average Bonchev–Trinajstić information content (AvgIpc) is 3.13. The van der Waals surface area contributed by atoms with Gasteiger partial charge in [-0.25, -0.2) is 9.78 Å². The van der Waals surface area contributed by atoms with E-state index in [0.717, 1.165) is 38.7 Å². The molecule has 1 aliphatic rings. The molecule has 1 amide bonds. The van der Waals surface area contributed by atoms with E-state index in [2.05, 4.69) is 25.9 Å². The van der Waals surface area contributed by atoms with Gasteiger partial charge < -0.3 is 15.0 Å². The number of aromatic nitrogens is 3. The summed E-state index contributed by atoms with van der Waals surface area (Å²) in [7, 11) is 0. The molecule has 3 heterocycles. The number of fused-ring (bicyclic) bond motifs is 3. The molecule has 1 aromatic carbocycles. The summed E-state index contributed by atoms with van der Waals surface area (Å²) in [5.74, 6) is 0.963. The van der Waals surface area contributed by atoms with Crippen LogP contribution in [0.25, 0.3) is 21.9 Å². The molecule has 0 radical (unpaired) electrons. The van der Waals surface area contributed by atoms with E-state index in [0.29, 0.717) is 13.1 Å². The van der Waals surface area contributed by atoms with Gasteiger partial charge >= 0.3 is 6.09 Å². The number of benzene rings is 1. The van der Waals surface area contributed by atoms with E-state index >= 15 is 0 Å². The highest BCUT2D eigenvalue weighted by Crippen LogP contribution is 2.30. The van der Waals surface area contributed by atoms with Gasteiger partial charge in [-0.3, -0.25) is 4.98 Å². The number of H-pyrrole nitrogens is 1. The smallest absolute Gasteiger partial charge is 0.407 e. The maximum absolute atomic E-state index is 11.0. The maximum atomic E-state index is 11.0. The molecule has 0 aliphatic carbocycles. The second kappa shape index (κ2) is 4.95. The van der Waals surface area contributed by atoms with Gasteiger partial charge in [0.05, 0.1) is 22.7 Å². The van der Waals surface area contributed by atoms with Crippen LogP contribution in [-0.2, 0) is 0 Å². The van der Waals surface area contributed by atoms with Crippen molar-refractivity contribution in [1.29, 1.82) is 0 Å². The summed E-state index contributed by atoms with van der Waals surface area (Å²) in [6.07, 6.45) is 1.71. The van der Waals surface area contributed by atoms with Crippen LogP contribution >= 0.6 is 15.9 Å². The topological polar surface area (TPSA) is 82.1 Å². The first-order chi connectivity index (χ1) is 10.6. The van der Waals surface area contributed by atoms with E-state index in [1.165, 1.54) is 4.90 Å². The number of aromatic amines is 1. The molecule has 112 valence electrons. The molecule has 1 atom stereocenters. The first-order valence-electron chi connectivity index (χ1n) is 7.03. The minimum atomic E-state index is -0.865. The number of nitrogens with one attached hydrogen (secondary N) is 1. The van der Waals surface area contributed by atoms with Crippen molar-refractivity contribution in [2.75, 3.05) is 13.1 Å². The fraction of sp³-hybridized carbons (Fsp3) is 0.267. The molecular weight excluding hydrogens is 348 g/mol. The Balaban J connectivity index is 1.78. The van der Waals surface area contributed by atoms with Gasteiger partial charge in [0.1, 0.15) is 5.82 Å². The molecule has 4 rings (SSSR count). The lowest BCUT2D eigenvalue weighted by atomic mass is 10.1. The Morgan fingerprint density at radius 1 is 1.45 bits per heavy atom. The largest absolute Gasteiger partial charge is 0.465 e. The quantitative estimate of drug-likeness (QED) is 0.697. The van der Waals surface area contributed by atoms with Crippen LogP contribution in [0.3, 0.4) is 0 Å². The molecule has 3 aromatic rings. The molecule has 0 bridgehead atoms. The molecule has 0 spiro atoms. The van der Waals surface area contributed by atoms with E-state index in [4.69, 9.17) is 10.1 Å². The van der Waals surface area contributed by atoms with E-state index in [-0.39, 0.29) is 5.92 Å². The van der Waals surface area contributed by atoms with Crippen molar-refractivity contribution in [3.63, 3.8) is 0 Å². The Bertz CT molecular complexity index is 892. The lowest BCUT2D eigenvalue weighted by Gasteiger charge is -2.10. The van der Waals surface area contributed by atoms with Crippen molar-refractivity contribution in [3.8, 4) is 0 Å². The zero-order valence-corrected chi connectivity index (χ0v) is 13.2. The zero-order chi connectivity index (χ0) is 15.3. The summed E-state index contributed by atoms with van der Waals surface area (Å²) in [5, 5.41) is 10.1. The number of carboxylic acid groups (broad SMARTS) is 1. The summed E-state index contributed by atoms with van der Waals surface area (Å²) in [5.41, 5.74) is 2.67. The standard InChI is InChI=1S/C15H13BrN4O2/c16-9-1-2-10-11(5-9)17-6-12-13(10)19-14(18-12)8-3-4-20(7-8)15(21)22/h1-2,5-6,8H,3-4,7H2,(H,18,19)(H,21,22)/t8-/m0/s1. The highest BCUT2D eigenvalue weighted by molar-refractivity contribution is 9.10. The number of rotatable bonds is 1. The van der Waals surface area contributed by atoms with Crippen LogP contribution in [0.1, 0.15) is 18.2 Å². The number of imidazole rings is 1. The summed E-state index contributed by atoms with van der Waals surface area (Å²) in [6, 6.07) is 5.93. The average molecular weight is 361 g/mol. The Morgan fingerprint density at radius 3 is 3.09 bits per heavy atom. The van der Waals surface area contributed by atoms with Crippen molar-refractivity contribution < 1.29 is 9.90 Å². The van der Waals surface area contributed by atoms with Crippen molar-refractivity contribution in [2.24, 2.45) is 0 Å². The number of nitrogens with zero attached hydrogens (tertiary/aromatic N) is 3. The third-order valence-corrected chi connectivity index (χ3v) is 4.64. The molecule has 1 aliphatic heterocycles. The minimum Gasteiger partial charge on any atom is -0.465 e. The fourth-order valence-corrected chi connectivity index (χ4v) is 3.35. The van der Waals surface area contributed by atoms with Crippen LogP contribution in [0.15, 0.2) is 28.9 Å². The molecule has 1 saturated heterocycles. The Kier molecular flexibility index (Phi) is 3.04. The zero-order valence-electron chi connectivity index (χ0n) is 11.6. The van der Waals surface area contributed by atoms with Crippen LogP contribution in [-0.4, -0.2) is 44.1 Å². The summed E-state index contributed by atoms with van der Waals surface area (Å²) in [6.45, 7) is 1.05. The molecule has 2 aromatic heterocycles. The molecule has 22 heavy (non-hydrogen) atoms. The highest BCUT2D eigenvalue weighted by atomic mass is 79.9. The van der Waals surface area contributed by atoms with E-state index in [1.54, 1.807) is 6.20 Å². The molecule has 0 unspecified atom stereocenters. The van der Waals surface area contributed by atoms with Crippen LogP contribution in [0.5, 0.6) is 0 Å². The second-order valence-electron chi connectivity index (χ2n) is 5.52. The van der Waals surface area contributed by atoms with Crippen LogP contribution in [0, 0.1) is 0 Å². The number of hydrogen-bond acceptors (Lipinski definition) is 3. The van der Waals surface area contributed by atoms with Gasteiger partial charge in [-0.05, 0) is 24.6 Å². The van der Waals surface area contributed by atoms with Crippen molar-refractivity contribution >= 4 is 44.0 Å². The molecule has 1 fully saturated rings. The van der Waals surface area contributed by atoms with Crippen molar-refractivity contribution in [2.45, 2.75) is 12.3 Å². The molecular formula is C15H13BrN4O2. The number of pyridine rings is 1. The Labute approximate surface area is 134 Å². The Morgan fingerprint density at radius 2 is 2.32 bits per heavy atom. The summed E-state index contributed by atoms with van der Waals surface area (Å²) >= 11 is 3.45. The van der Waals surface area contributed by atoms with Gasteiger partial charge in [-0.2, -0.15) is 0 Å². The van der Waals surface area contributed by atoms with Gasteiger partial charge in [-0.15, -0.1) is 0 Å². The molecule has 7 heteroatoms. The van der Waals surface area contributed by atoms with Gasteiger partial charge in [0, 0.05) is 28.9 Å². The first-order valence-corrected chi connectivity index (χ1v) is 7.83. The number of halogens is 1. The van der Waals surface area contributed by atoms with Crippen molar-refractivity contribution in [3.05, 3.63) is 34.7 Å². The monoisotopic (exact) mass is 360 g/mol. The normalized spacial score (nSPS) is 18.4. The lowest BCUT2D eigenvalue weighted by Crippen LogP contribution is -2.26. The third-order valence-electron chi connectivity index (χ3n) is 4.14. The van der Waals surface area contributed by atoms with Gasteiger partial charge in [0.25, 0.3) is 0 Å². The number of amides is 1. The van der Waals surface area contributed by atoms with E-state index < -0.39 is 6.09 Å². The van der Waals surface area contributed by atoms with E-state index in [1.807, 2.05) is 18.2 Å². The first kappa shape index (κ1) is 13.5. The SMILES string of the molecule is O=C(O)N1CC[C@H](c2nc3c(cnc4cc(Br)ccc43)[nH]2)C1. The highest BCUT2D eigenvalue weighted by Gasteiger charge is 2.29. The minimum absolute atomic E-state index is 0.119. The summed E-state index contributed by atoms with van der Waals surface area (Å²) in [4.78, 5) is 24.9. The third kappa shape index (κ3) is 2.12. The number of likely N-dealkylation sites (tertiary alicyclic amines) is 1. The predicted molar refractivity (Wildman–Crippen MR) is 86.1 cm³/mol. The van der Waals surface area contributed by atoms with Crippen LogP contribution in [0.4, 0.5) is 4.79 Å². The lowest BCUT2D eigenvalue weighted by molar-refractivity contribution is 0.155. The van der Waals surface area contributed by atoms with Crippen LogP contribution < -0.4 is 0 Å². The fourth-order valence-electron chi connectivity index (χ4n) is 3.00. The Hall–Kier alpha value is -2.15. The van der Waals surface area contributed by atoms with Gasteiger partial charge in [0.15, 0.2) is 0 Å². The summed E-state index contributed by atoms with van der Waals surface area (Å²) < 4.78 is 0.982. The predicted octanol–water partition coefficient (Wildman–Crippen LogP) is 3.34. The number of carbonyl (C=O) groups is 1. The second-order valence-corrected chi connectivity index (χ2v) is 6.43. The molecule has 6 nitrogen and oxygen atoms in total. The molecule has 0 saturated carbocycles. The van der Waals surface area contributed by atoms with Crippen LogP contribution in [0.2, 0.25) is 0 Å². The molecule has 2 N–H and O–H groups in total. The number of hydrogen-bond donors (Lipinski definition) is 2.